The van der Waals surface area contributed by atoms with Gasteiger partial charge in [-0.25, -0.2) is 9.98 Å². The van der Waals surface area contributed by atoms with Gasteiger partial charge in [0.2, 0.25) is 0 Å². The number of furan rings is 1. The van der Waals surface area contributed by atoms with Gasteiger partial charge in [0.05, 0.1) is 6.54 Å². The summed E-state index contributed by atoms with van der Waals surface area (Å²) in [6, 6.07) is 10.0. The number of nitrogens with two attached hydrogens (primary N) is 1. The van der Waals surface area contributed by atoms with Crippen molar-refractivity contribution in [2.45, 2.75) is 6.54 Å². The van der Waals surface area contributed by atoms with E-state index >= 15 is 0 Å². The molecule has 1 saturated heterocycles. The van der Waals surface area contributed by atoms with Crippen LogP contribution in [0, 0.1) is 0 Å². The fraction of sp³-hybridized carbons (Fsp3) is 0.294. The molecule has 0 amide bonds. The molecule has 4 rings (SSSR count). The Balaban J connectivity index is 1.48. The number of fused-ring (bicyclic) bond motifs is 1. The van der Waals surface area contributed by atoms with E-state index in [1.165, 1.54) is 0 Å². The zero-order chi connectivity index (χ0) is 16.4. The highest BCUT2D eigenvalue weighted by Gasteiger charge is 2.13. The van der Waals surface area contributed by atoms with Crippen molar-refractivity contribution in [2.24, 2.45) is 10.7 Å². The molecule has 124 valence electrons. The van der Waals surface area contributed by atoms with E-state index in [0.717, 1.165) is 52.0 Å². The van der Waals surface area contributed by atoms with Crippen LogP contribution in [-0.4, -0.2) is 40.4 Å². The maximum absolute atomic E-state index is 6.09. The second-order valence-electron chi connectivity index (χ2n) is 5.55. The Hall–Kier alpha value is -1.99. The van der Waals surface area contributed by atoms with Gasteiger partial charge in [0.15, 0.2) is 11.7 Å². The SMILES string of the molecule is NC(=NCc1nc(-c2cc3ccccc3o2)cs1)N1CCSCC1. The summed E-state index contributed by atoms with van der Waals surface area (Å²) in [4.78, 5) is 11.3. The van der Waals surface area contributed by atoms with Gasteiger partial charge in [0.25, 0.3) is 0 Å². The molecular weight excluding hydrogens is 340 g/mol. The molecular formula is C17H18N4OS2. The third-order valence-corrected chi connectivity index (χ3v) is 5.72. The van der Waals surface area contributed by atoms with E-state index in [9.17, 15) is 0 Å². The van der Waals surface area contributed by atoms with E-state index in [1.54, 1.807) is 11.3 Å². The van der Waals surface area contributed by atoms with Gasteiger partial charge >= 0.3 is 0 Å². The Bertz CT molecular complexity index is 831. The fourth-order valence-corrected chi connectivity index (χ4v) is 4.26. The molecule has 1 aliphatic rings. The molecule has 5 nitrogen and oxygen atoms in total. The number of hydrogen-bond donors (Lipinski definition) is 1. The molecule has 0 atom stereocenters. The number of thiazole rings is 1. The molecule has 0 aliphatic carbocycles. The molecule has 24 heavy (non-hydrogen) atoms. The van der Waals surface area contributed by atoms with E-state index in [4.69, 9.17) is 10.2 Å². The summed E-state index contributed by atoms with van der Waals surface area (Å²) in [5.41, 5.74) is 7.83. The van der Waals surface area contributed by atoms with Crippen LogP contribution >= 0.6 is 23.1 Å². The van der Waals surface area contributed by atoms with E-state index in [1.807, 2.05) is 47.5 Å². The quantitative estimate of drug-likeness (QED) is 0.574. The van der Waals surface area contributed by atoms with Crippen LogP contribution in [0.25, 0.3) is 22.4 Å². The van der Waals surface area contributed by atoms with Gasteiger partial charge in [-0.3, -0.25) is 0 Å². The molecule has 1 aromatic carbocycles. The first-order chi connectivity index (χ1) is 11.8. The number of aliphatic imine (C=N–C) groups is 1. The Kier molecular flexibility index (Phi) is 4.44. The lowest BCUT2D eigenvalue weighted by Gasteiger charge is -2.27. The van der Waals surface area contributed by atoms with Gasteiger partial charge in [-0.15, -0.1) is 11.3 Å². The van der Waals surface area contributed by atoms with Crippen molar-refractivity contribution in [3.63, 3.8) is 0 Å². The van der Waals surface area contributed by atoms with E-state index in [-0.39, 0.29) is 0 Å². The number of guanidine groups is 1. The molecule has 0 bridgehead atoms. The summed E-state index contributed by atoms with van der Waals surface area (Å²) >= 11 is 3.55. The van der Waals surface area contributed by atoms with Crippen molar-refractivity contribution in [3.8, 4) is 11.5 Å². The van der Waals surface area contributed by atoms with Gasteiger partial charge in [-0.2, -0.15) is 11.8 Å². The van der Waals surface area contributed by atoms with Gasteiger partial charge < -0.3 is 15.1 Å². The predicted molar refractivity (Wildman–Crippen MR) is 102 cm³/mol. The summed E-state index contributed by atoms with van der Waals surface area (Å²) < 4.78 is 5.86. The molecule has 2 N–H and O–H groups in total. The Morgan fingerprint density at radius 2 is 2.12 bits per heavy atom. The monoisotopic (exact) mass is 358 g/mol. The lowest BCUT2D eigenvalue weighted by molar-refractivity contribution is 0.455. The van der Waals surface area contributed by atoms with Crippen LogP contribution in [0.3, 0.4) is 0 Å². The minimum absolute atomic E-state index is 0.514. The van der Waals surface area contributed by atoms with Gasteiger partial charge in [0, 0.05) is 35.4 Å². The third kappa shape index (κ3) is 3.27. The van der Waals surface area contributed by atoms with Crippen LogP contribution in [0.2, 0.25) is 0 Å². The Morgan fingerprint density at radius 1 is 1.29 bits per heavy atom. The summed E-state index contributed by atoms with van der Waals surface area (Å²) in [6.07, 6.45) is 0. The second-order valence-corrected chi connectivity index (χ2v) is 7.72. The van der Waals surface area contributed by atoms with Crippen molar-refractivity contribution in [2.75, 3.05) is 24.6 Å². The molecule has 3 aromatic rings. The second kappa shape index (κ2) is 6.86. The predicted octanol–water partition coefficient (Wildman–Crippen LogP) is 3.42. The van der Waals surface area contributed by atoms with Crippen molar-refractivity contribution < 1.29 is 4.42 Å². The number of aromatic nitrogens is 1. The molecule has 1 fully saturated rings. The molecule has 0 radical (unpaired) electrons. The first-order valence-corrected chi connectivity index (χ1v) is 9.89. The topological polar surface area (TPSA) is 67.6 Å². The number of benzene rings is 1. The lowest BCUT2D eigenvalue weighted by atomic mass is 10.2. The highest BCUT2D eigenvalue weighted by molar-refractivity contribution is 7.99. The van der Waals surface area contributed by atoms with Gasteiger partial charge in [-0.1, -0.05) is 18.2 Å². The standard InChI is InChI=1S/C17H18N4OS2/c18-17(21-5-7-23-8-6-21)19-10-16-20-13(11-24-16)15-9-12-3-1-2-4-14(12)22-15/h1-4,9,11H,5-8,10H2,(H2,18,19). The fourth-order valence-electron chi connectivity index (χ4n) is 2.65. The van der Waals surface area contributed by atoms with Crippen molar-refractivity contribution in [3.05, 3.63) is 40.7 Å². The molecule has 1 aliphatic heterocycles. The number of nitrogens with zero attached hydrogens (tertiary/aromatic N) is 3. The minimum atomic E-state index is 0.514. The molecule has 0 saturated carbocycles. The zero-order valence-electron chi connectivity index (χ0n) is 13.1. The maximum Gasteiger partial charge on any atom is 0.191 e. The van der Waals surface area contributed by atoms with Crippen LogP contribution < -0.4 is 5.73 Å². The molecule has 7 heteroatoms. The van der Waals surface area contributed by atoms with Crippen LogP contribution in [0.15, 0.2) is 45.1 Å². The van der Waals surface area contributed by atoms with Crippen LogP contribution in [0.5, 0.6) is 0 Å². The highest BCUT2D eigenvalue weighted by Crippen LogP contribution is 2.28. The number of para-hydroxylation sites is 1. The molecule has 0 unspecified atom stereocenters. The highest BCUT2D eigenvalue weighted by atomic mass is 32.2. The van der Waals surface area contributed by atoms with Crippen LogP contribution in [0.1, 0.15) is 5.01 Å². The summed E-state index contributed by atoms with van der Waals surface area (Å²) in [6.45, 7) is 2.46. The van der Waals surface area contributed by atoms with E-state index in [2.05, 4.69) is 14.9 Å². The van der Waals surface area contributed by atoms with Crippen LogP contribution in [-0.2, 0) is 6.54 Å². The van der Waals surface area contributed by atoms with E-state index < -0.39 is 0 Å². The van der Waals surface area contributed by atoms with Gasteiger partial charge in [-0.05, 0) is 12.1 Å². The van der Waals surface area contributed by atoms with E-state index in [0.29, 0.717) is 12.5 Å². The molecule has 3 heterocycles. The zero-order valence-corrected chi connectivity index (χ0v) is 14.8. The average Bonchev–Trinajstić information content (AvgIpc) is 3.27. The summed E-state index contributed by atoms with van der Waals surface area (Å²) in [5.74, 6) is 3.65. The number of hydrogen-bond acceptors (Lipinski definition) is 5. The Morgan fingerprint density at radius 3 is 2.96 bits per heavy atom. The van der Waals surface area contributed by atoms with Crippen LogP contribution in [0.4, 0.5) is 0 Å². The normalized spacial score (nSPS) is 16.0. The first-order valence-electron chi connectivity index (χ1n) is 7.85. The number of rotatable bonds is 3. The first kappa shape index (κ1) is 15.5. The summed E-state index contributed by atoms with van der Waals surface area (Å²) in [5, 5.41) is 4.04. The Labute approximate surface area is 148 Å². The summed E-state index contributed by atoms with van der Waals surface area (Å²) in [7, 11) is 0. The van der Waals surface area contributed by atoms with Crippen molar-refractivity contribution in [1.82, 2.24) is 9.88 Å². The third-order valence-electron chi connectivity index (χ3n) is 3.94. The van der Waals surface area contributed by atoms with Crippen molar-refractivity contribution in [1.29, 1.82) is 0 Å². The molecule has 0 spiro atoms. The molecule has 2 aromatic heterocycles. The van der Waals surface area contributed by atoms with Crippen molar-refractivity contribution >= 4 is 40.0 Å². The lowest BCUT2D eigenvalue weighted by Crippen LogP contribution is -2.42. The average molecular weight is 358 g/mol. The minimum Gasteiger partial charge on any atom is -0.454 e. The van der Waals surface area contributed by atoms with Gasteiger partial charge in [0.1, 0.15) is 16.3 Å². The maximum atomic E-state index is 6.09. The number of thioether (sulfide) groups is 1. The largest absolute Gasteiger partial charge is 0.454 e. The smallest absolute Gasteiger partial charge is 0.191 e.